The summed E-state index contributed by atoms with van der Waals surface area (Å²) in [6.45, 7) is 5.97. The Bertz CT molecular complexity index is 1820. The summed E-state index contributed by atoms with van der Waals surface area (Å²) >= 11 is 1.17. The van der Waals surface area contributed by atoms with Crippen molar-refractivity contribution in [2.24, 2.45) is 11.5 Å². The van der Waals surface area contributed by atoms with E-state index in [0.29, 0.717) is 50.5 Å². The lowest BCUT2D eigenvalue weighted by Gasteiger charge is -2.37. The molecule has 226 valence electrons. The second kappa shape index (κ2) is 11.2. The van der Waals surface area contributed by atoms with E-state index < -0.39 is 35.4 Å². The highest BCUT2D eigenvalue weighted by Crippen LogP contribution is 2.50. The van der Waals surface area contributed by atoms with Crippen molar-refractivity contribution in [1.29, 1.82) is 0 Å². The van der Waals surface area contributed by atoms with Crippen LogP contribution in [0.4, 0.5) is 5.69 Å². The summed E-state index contributed by atoms with van der Waals surface area (Å²) in [7, 11) is 1.53. The maximum absolute atomic E-state index is 14.2. The lowest BCUT2D eigenvalue weighted by Crippen LogP contribution is -2.53. The van der Waals surface area contributed by atoms with E-state index in [0.717, 1.165) is 5.56 Å². The number of hydrogen-bond donors (Lipinski definition) is 4. The van der Waals surface area contributed by atoms with Gasteiger partial charge in [0.15, 0.2) is 5.78 Å². The third-order valence-electron chi connectivity index (χ3n) is 8.49. The van der Waals surface area contributed by atoms with Crippen molar-refractivity contribution in [2.45, 2.75) is 30.7 Å². The van der Waals surface area contributed by atoms with Crippen LogP contribution in [0.1, 0.15) is 38.0 Å². The van der Waals surface area contributed by atoms with Crippen LogP contribution in [-0.2, 0) is 19.9 Å². The Kier molecular flexibility index (Phi) is 7.50. The number of carbonyl (C=O) groups excluding carboxylic acids is 3. The van der Waals surface area contributed by atoms with Crippen LogP contribution in [0.2, 0.25) is 0 Å². The fourth-order valence-corrected chi connectivity index (χ4v) is 7.49. The zero-order chi connectivity index (χ0) is 31.3. The van der Waals surface area contributed by atoms with Crippen molar-refractivity contribution in [3.63, 3.8) is 0 Å². The number of anilines is 1. The number of nitrogens with one attached hydrogen (secondary N) is 1. The molecule has 1 fully saturated rings. The smallest absolute Gasteiger partial charge is 0.262 e. The highest BCUT2D eigenvalue weighted by atomic mass is 32.1. The number of nitrogens with two attached hydrogens (primary N) is 3. The average Bonchev–Trinajstić information content (AvgIpc) is 3.62. The quantitative estimate of drug-likeness (QED) is 0.182. The van der Waals surface area contributed by atoms with Crippen molar-refractivity contribution in [3.8, 4) is 11.5 Å². The van der Waals surface area contributed by atoms with Gasteiger partial charge in [-0.3, -0.25) is 14.4 Å². The minimum absolute atomic E-state index is 0.250. The number of rotatable bonds is 7. The Hall–Kier alpha value is -4.55. The van der Waals surface area contributed by atoms with Crippen molar-refractivity contribution in [1.82, 2.24) is 10.2 Å². The molecule has 1 saturated heterocycles. The third kappa shape index (κ3) is 4.65. The van der Waals surface area contributed by atoms with E-state index in [2.05, 4.69) is 11.9 Å². The molecule has 7 N–H and O–H groups in total. The van der Waals surface area contributed by atoms with Gasteiger partial charge >= 0.3 is 0 Å². The molecule has 0 bridgehead atoms. The molecule has 1 aliphatic heterocycles. The number of nitrogen functional groups attached to an aromatic ring is 1. The van der Waals surface area contributed by atoms with Crippen molar-refractivity contribution >= 4 is 44.7 Å². The molecular formula is C33H33N5O5S. The fourth-order valence-electron chi connectivity index (χ4n) is 6.29. The Balaban J connectivity index is 1.40. The number of likely N-dealkylation sites (tertiary alicyclic amines) is 1. The minimum Gasteiger partial charge on any atom is -0.457 e. The van der Waals surface area contributed by atoms with Crippen LogP contribution < -0.4 is 27.3 Å². The zero-order valence-electron chi connectivity index (χ0n) is 24.3. The van der Waals surface area contributed by atoms with Crippen LogP contribution in [0, 0.1) is 6.92 Å². The standard InChI is InChI=1S/C33H33N5O5S/c1-4-25(39)38-15-23(24(16-38)42-3)37-32(41)30-27-26-21(12-13-22(34)29(26)44-30)33(36,31(40)28(27)35)20-11-10-19(14-17(20)2)43-18-8-6-5-7-9-18/h4-14,23-24,28H,1,15-16,34-36H2,2-3H3,(H,37,41)/t23-,24+,28?,33?/m0/s1. The molecule has 4 aromatic rings. The molecule has 11 heteroatoms. The monoisotopic (exact) mass is 611 g/mol. The molecule has 44 heavy (non-hydrogen) atoms. The summed E-state index contributed by atoms with van der Waals surface area (Å²) in [6, 6.07) is 16.5. The maximum Gasteiger partial charge on any atom is 0.262 e. The summed E-state index contributed by atoms with van der Waals surface area (Å²) in [4.78, 5) is 42.1. The molecule has 0 saturated carbocycles. The topological polar surface area (TPSA) is 163 Å². The van der Waals surface area contributed by atoms with Crippen LogP contribution in [0.5, 0.6) is 11.5 Å². The first-order valence-corrected chi connectivity index (χ1v) is 14.9. The number of ketones is 1. The first-order chi connectivity index (χ1) is 21.1. The lowest BCUT2D eigenvalue weighted by molar-refractivity contribution is -0.125. The number of hydrogen-bond acceptors (Lipinski definition) is 9. The summed E-state index contributed by atoms with van der Waals surface area (Å²) in [5.41, 5.74) is 21.2. The van der Waals surface area contributed by atoms with Gasteiger partial charge in [0.2, 0.25) is 5.91 Å². The molecule has 0 spiro atoms. The third-order valence-corrected chi connectivity index (χ3v) is 9.75. The van der Waals surface area contributed by atoms with Crippen molar-refractivity contribution in [2.75, 3.05) is 25.9 Å². The first kappa shape index (κ1) is 29.5. The van der Waals surface area contributed by atoms with Crippen LogP contribution in [-0.4, -0.2) is 54.8 Å². The van der Waals surface area contributed by atoms with E-state index in [1.807, 2.05) is 43.3 Å². The number of nitrogens with zero attached hydrogens (tertiary/aromatic N) is 1. The molecule has 10 nitrogen and oxygen atoms in total. The zero-order valence-corrected chi connectivity index (χ0v) is 25.1. The number of carbonyl (C=O) groups is 3. The number of amides is 2. The van der Waals surface area contributed by atoms with E-state index in [1.165, 1.54) is 24.5 Å². The van der Waals surface area contributed by atoms with Crippen LogP contribution in [0.3, 0.4) is 0 Å². The Morgan fingerprint density at radius 3 is 2.50 bits per heavy atom. The normalized spacial score (nSPS) is 22.7. The van der Waals surface area contributed by atoms with E-state index in [1.54, 1.807) is 29.2 Å². The number of benzene rings is 3. The van der Waals surface area contributed by atoms with Crippen LogP contribution in [0.25, 0.3) is 10.1 Å². The van der Waals surface area contributed by atoms with Gasteiger partial charge in [-0.05, 0) is 60.0 Å². The first-order valence-electron chi connectivity index (χ1n) is 14.1. The SMILES string of the molecule is C=CC(=O)N1C[C@H](NC(=O)c2sc3c(N)ccc4c3c2C(N)C(=O)C4(N)c2ccc(Oc3ccccc3)cc2C)[C@H](OC)C1. The van der Waals surface area contributed by atoms with Crippen molar-refractivity contribution < 1.29 is 23.9 Å². The van der Waals surface area contributed by atoms with E-state index in [4.69, 9.17) is 26.7 Å². The largest absolute Gasteiger partial charge is 0.457 e. The molecular weight excluding hydrogens is 578 g/mol. The predicted octanol–water partition coefficient (Wildman–Crippen LogP) is 3.51. The number of para-hydroxylation sites is 1. The second-order valence-electron chi connectivity index (χ2n) is 11.1. The van der Waals surface area contributed by atoms with Gasteiger partial charge in [0.25, 0.3) is 5.91 Å². The molecule has 4 atom stereocenters. The number of ether oxygens (including phenoxy) is 2. The second-order valence-corrected chi connectivity index (χ2v) is 12.1. The van der Waals surface area contributed by atoms with E-state index in [9.17, 15) is 14.4 Å². The lowest BCUT2D eigenvalue weighted by atomic mass is 9.69. The average molecular weight is 612 g/mol. The summed E-state index contributed by atoms with van der Waals surface area (Å²) in [6.07, 6.45) is 0.810. The number of aryl methyl sites for hydroxylation is 1. The van der Waals surface area contributed by atoms with Gasteiger partial charge in [0.1, 0.15) is 17.0 Å². The molecule has 2 heterocycles. The molecule has 2 amide bonds. The number of Topliss-reactive ketones (excluding diaryl/α,β-unsaturated/α-hetero) is 1. The molecule has 1 aromatic heterocycles. The molecule has 6 rings (SSSR count). The van der Waals surface area contributed by atoms with Gasteiger partial charge in [-0.15, -0.1) is 11.3 Å². The van der Waals surface area contributed by atoms with Crippen LogP contribution in [0.15, 0.2) is 73.3 Å². The van der Waals surface area contributed by atoms with E-state index in [-0.39, 0.29) is 17.3 Å². The molecule has 1 aliphatic carbocycles. The highest BCUT2D eigenvalue weighted by molar-refractivity contribution is 7.21. The Morgan fingerprint density at radius 1 is 1.09 bits per heavy atom. The summed E-state index contributed by atoms with van der Waals surface area (Å²) < 4.78 is 12.2. The van der Waals surface area contributed by atoms with Gasteiger partial charge in [-0.2, -0.15) is 0 Å². The van der Waals surface area contributed by atoms with Gasteiger partial charge in [0, 0.05) is 36.8 Å². The van der Waals surface area contributed by atoms with Gasteiger partial charge in [0.05, 0.1) is 27.8 Å². The number of thiophene rings is 1. The summed E-state index contributed by atoms with van der Waals surface area (Å²) in [5.74, 6) is 0.154. The fraction of sp³-hybridized carbons (Fsp3) is 0.242. The number of methoxy groups -OCH3 is 1. The van der Waals surface area contributed by atoms with Crippen molar-refractivity contribution in [3.05, 3.63) is 100 Å². The molecule has 2 aliphatic rings. The summed E-state index contributed by atoms with van der Waals surface area (Å²) in [5, 5.41) is 3.60. The van der Waals surface area contributed by atoms with Gasteiger partial charge in [-0.25, -0.2) is 0 Å². The van der Waals surface area contributed by atoms with E-state index >= 15 is 0 Å². The van der Waals surface area contributed by atoms with Gasteiger partial charge in [-0.1, -0.05) is 36.9 Å². The molecule has 2 unspecified atom stereocenters. The maximum atomic E-state index is 14.2. The highest BCUT2D eigenvalue weighted by Gasteiger charge is 2.49. The molecule has 3 aromatic carbocycles. The predicted molar refractivity (Wildman–Crippen MR) is 170 cm³/mol. The Morgan fingerprint density at radius 2 is 1.82 bits per heavy atom. The Labute approximate surface area is 258 Å². The minimum atomic E-state index is -1.60. The van der Waals surface area contributed by atoms with Crippen LogP contribution >= 0.6 is 11.3 Å². The molecule has 0 radical (unpaired) electrons. The van der Waals surface area contributed by atoms with Gasteiger partial charge < -0.3 is 36.9 Å².